The van der Waals surface area contributed by atoms with Crippen LogP contribution in [-0.2, 0) is 4.79 Å². The number of carbonyl (C=O) groups is 1. The number of hydrogen-bond donors (Lipinski definition) is 2. The van der Waals surface area contributed by atoms with Crippen LogP contribution in [0.3, 0.4) is 0 Å². The molecule has 0 bridgehead atoms. The highest BCUT2D eigenvalue weighted by molar-refractivity contribution is 5.73. The van der Waals surface area contributed by atoms with E-state index in [4.69, 9.17) is 0 Å². The maximum Gasteiger partial charge on any atom is 0.320 e. The summed E-state index contributed by atoms with van der Waals surface area (Å²) in [5.41, 5.74) is 0. The lowest BCUT2D eigenvalue weighted by molar-refractivity contribution is -0.140. The third-order valence-electron chi connectivity index (χ3n) is 3.91. The minimum Gasteiger partial charge on any atom is -0.480 e. The molecule has 5 heteroatoms. The van der Waals surface area contributed by atoms with Gasteiger partial charge < -0.3 is 20.2 Å². The first-order valence-corrected chi connectivity index (χ1v) is 7.27. The van der Waals surface area contributed by atoms with Gasteiger partial charge in [0, 0.05) is 18.6 Å². The van der Waals surface area contributed by atoms with Gasteiger partial charge >= 0.3 is 5.97 Å². The molecular formula is C14H29N3O2. The second kappa shape index (κ2) is 7.82. The third kappa shape index (κ3) is 5.89. The summed E-state index contributed by atoms with van der Waals surface area (Å²) in [6, 6.07) is 0.369. The maximum absolute atomic E-state index is 11.2. The minimum atomic E-state index is -0.745. The first-order valence-electron chi connectivity index (χ1n) is 7.27. The summed E-state index contributed by atoms with van der Waals surface area (Å²) in [6.07, 6.45) is 3.03. The van der Waals surface area contributed by atoms with Gasteiger partial charge in [-0.25, -0.2) is 0 Å². The van der Waals surface area contributed by atoms with E-state index in [2.05, 4.69) is 29.2 Å². The number of aliphatic carboxylic acids is 1. The van der Waals surface area contributed by atoms with Crippen LogP contribution < -0.4 is 5.32 Å². The normalized spacial score (nSPS) is 20.1. The van der Waals surface area contributed by atoms with Crippen molar-refractivity contribution >= 4 is 5.97 Å². The van der Waals surface area contributed by atoms with Gasteiger partial charge in [-0.15, -0.1) is 0 Å². The van der Waals surface area contributed by atoms with Crippen LogP contribution in [0.15, 0.2) is 0 Å². The molecule has 1 rings (SSSR count). The Morgan fingerprint density at radius 2 is 2.00 bits per heavy atom. The summed E-state index contributed by atoms with van der Waals surface area (Å²) in [4.78, 5) is 15.9. The van der Waals surface area contributed by atoms with Gasteiger partial charge in [0.05, 0.1) is 0 Å². The molecule has 0 amide bonds. The van der Waals surface area contributed by atoms with E-state index in [-0.39, 0.29) is 6.04 Å². The first-order chi connectivity index (χ1) is 8.90. The Morgan fingerprint density at radius 1 is 1.42 bits per heavy atom. The average molecular weight is 271 g/mol. The Labute approximate surface area is 117 Å². The fourth-order valence-corrected chi connectivity index (χ4v) is 2.63. The number of piperidine rings is 1. The van der Waals surface area contributed by atoms with Crippen molar-refractivity contribution in [1.29, 1.82) is 0 Å². The quantitative estimate of drug-likeness (QED) is 0.719. The van der Waals surface area contributed by atoms with E-state index in [1.807, 2.05) is 13.8 Å². The lowest BCUT2D eigenvalue weighted by Crippen LogP contribution is -2.46. The van der Waals surface area contributed by atoms with Crippen LogP contribution in [0.25, 0.3) is 0 Å². The number of nitrogens with one attached hydrogen (secondary N) is 1. The molecule has 0 aromatic carbocycles. The van der Waals surface area contributed by atoms with Gasteiger partial charge in [-0.1, -0.05) is 13.8 Å². The summed E-state index contributed by atoms with van der Waals surface area (Å²) >= 11 is 0. The fraction of sp³-hybridized carbons (Fsp3) is 0.929. The molecular weight excluding hydrogens is 242 g/mol. The molecule has 0 aromatic rings. The van der Waals surface area contributed by atoms with Crippen LogP contribution in [0.1, 0.15) is 33.1 Å². The molecule has 19 heavy (non-hydrogen) atoms. The zero-order chi connectivity index (χ0) is 14.4. The van der Waals surface area contributed by atoms with Crippen molar-refractivity contribution in [2.75, 3.05) is 33.7 Å². The standard InChI is InChI=1S/C14H29N3O2/c1-11(2)15-13(14(18)19)7-10-17(4)12-5-8-16(3)9-6-12/h11-13,15H,5-10H2,1-4H3,(H,18,19). The Balaban J connectivity index is 2.34. The second-order valence-corrected chi connectivity index (χ2v) is 6.02. The molecule has 1 aliphatic heterocycles. The highest BCUT2D eigenvalue weighted by Gasteiger charge is 2.23. The molecule has 0 radical (unpaired) electrons. The minimum absolute atomic E-state index is 0.203. The van der Waals surface area contributed by atoms with Gasteiger partial charge in [-0.2, -0.15) is 0 Å². The number of likely N-dealkylation sites (tertiary alicyclic amines) is 1. The molecule has 1 heterocycles. The van der Waals surface area contributed by atoms with Crippen molar-refractivity contribution in [2.45, 2.75) is 51.2 Å². The molecule has 0 aliphatic carbocycles. The molecule has 1 aliphatic rings. The number of nitrogens with zero attached hydrogens (tertiary/aromatic N) is 2. The van der Waals surface area contributed by atoms with Crippen LogP contribution in [0.2, 0.25) is 0 Å². The molecule has 0 saturated carbocycles. The largest absolute Gasteiger partial charge is 0.480 e. The third-order valence-corrected chi connectivity index (χ3v) is 3.91. The van der Waals surface area contributed by atoms with E-state index in [0.717, 1.165) is 19.6 Å². The zero-order valence-corrected chi connectivity index (χ0v) is 12.7. The summed E-state index contributed by atoms with van der Waals surface area (Å²) in [5.74, 6) is -0.745. The molecule has 1 atom stereocenters. The van der Waals surface area contributed by atoms with Crippen molar-refractivity contribution in [3.63, 3.8) is 0 Å². The second-order valence-electron chi connectivity index (χ2n) is 6.02. The predicted molar refractivity (Wildman–Crippen MR) is 77.5 cm³/mol. The smallest absolute Gasteiger partial charge is 0.320 e. The number of carboxylic acids is 1. The molecule has 112 valence electrons. The fourth-order valence-electron chi connectivity index (χ4n) is 2.63. The van der Waals surface area contributed by atoms with Gasteiger partial charge in [0.2, 0.25) is 0 Å². The van der Waals surface area contributed by atoms with Crippen LogP contribution in [-0.4, -0.2) is 72.7 Å². The van der Waals surface area contributed by atoms with Crippen molar-refractivity contribution in [3.8, 4) is 0 Å². The van der Waals surface area contributed by atoms with E-state index < -0.39 is 12.0 Å². The van der Waals surface area contributed by atoms with E-state index in [1.165, 1.54) is 12.8 Å². The van der Waals surface area contributed by atoms with Crippen molar-refractivity contribution in [3.05, 3.63) is 0 Å². The van der Waals surface area contributed by atoms with E-state index >= 15 is 0 Å². The van der Waals surface area contributed by atoms with Crippen molar-refractivity contribution in [2.24, 2.45) is 0 Å². The van der Waals surface area contributed by atoms with Crippen LogP contribution in [0.4, 0.5) is 0 Å². The Hall–Kier alpha value is -0.650. The molecule has 1 unspecified atom stereocenters. The number of carboxylic acid groups (broad SMARTS) is 1. The van der Waals surface area contributed by atoms with Crippen LogP contribution >= 0.6 is 0 Å². The predicted octanol–water partition coefficient (Wildman–Crippen LogP) is 0.854. The molecule has 5 nitrogen and oxygen atoms in total. The van der Waals surface area contributed by atoms with Gasteiger partial charge in [0.1, 0.15) is 6.04 Å². The molecule has 2 N–H and O–H groups in total. The number of rotatable bonds is 7. The summed E-state index contributed by atoms with van der Waals surface area (Å²) in [7, 11) is 4.27. The van der Waals surface area contributed by atoms with E-state index in [9.17, 15) is 9.90 Å². The zero-order valence-electron chi connectivity index (χ0n) is 12.7. The Morgan fingerprint density at radius 3 is 2.47 bits per heavy atom. The number of hydrogen-bond acceptors (Lipinski definition) is 4. The van der Waals surface area contributed by atoms with Gasteiger partial charge in [0.25, 0.3) is 0 Å². The highest BCUT2D eigenvalue weighted by Crippen LogP contribution is 2.14. The lowest BCUT2D eigenvalue weighted by Gasteiger charge is -2.35. The summed E-state index contributed by atoms with van der Waals surface area (Å²) < 4.78 is 0. The van der Waals surface area contributed by atoms with Crippen LogP contribution in [0.5, 0.6) is 0 Å². The van der Waals surface area contributed by atoms with Gasteiger partial charge in [-0.05, 0) is 46.4 Å². The van der Waals surface area contributed by atoms with E-state index in [0.29, 0.717) is 12.5 Å². The van der Waals surface area contributed by atoms with E-state index in [1.54, 1.807) is 0 Å². The topological polar surface area (TPSA) is 55.8 Å². The summed E-state index contributed by atoms with van der Waals surface area (Å²) in [6.45, 7) is 7.08. The molecule has 0 aromatic heterocycles. The highest BCUT2D eigenvalue weighted by atomic mass is 16.4. The maximum atomic E-state index is 11.2. The van der Waals surface area contributed by atoms with Gasteiger partial charge in [0.15, 0.2) is 0 Å². The SMILES string of the molecule is CC(C)NC(CCN(C)C1CCN(C)CC1)C(=O)O. The van der Waals surface area contributed by atoms with Gasteiger partial charge in [-0.3, -0.25) is 4.79 Å². The average Bonchev–Trinajstić information content (AvgIpc) is 2.34. The molecule has 0 spiro atoms. The Kier molecular flexibility index (Phi) is 6.75. The van der Waals surface area contributed by atoms with Crippen LogP contribution in [0, 0.1) is 0 Å². The lowest BCUT2D eigenvalue weighted by atomic mass is 10.0. The molecule has 1 fully saturated rings. The molecule has 1 saturated heterocycles. The van der Waals surface area contributed by atoms with Crippen molar-refractivity contribution < 1.29 is 9.90 Å². The Bertz CT molecular complexity index is 276. The summed E-state index contributed by atoms with van der Waals surface area (Å²) in [5, 5.41) is 12.3. The monoisotopic (exact) mass is 271 g/mol. The first kappa shape index (κ1) is 16.4. The van der Waals surface area contributed by atoms with Crippen molar-refractivity contribution in [1.82, 2.24) is 15.1 Å².